The molecule has 2 aliphatic rings. The molecule has 0 amide bonds. The Kier molecular flexibility index (Phi) is 1.51. The summed E-state index contributed by atoms with van der Waals surface area (Å²) in [4.78, 5) is 0. The van der Waals surface area contributed by atoms with Crippen LogP contribution in [0.1, 0.15) is 0 Å². The normalized spacial score (nSPS) is 64.2. The van der Waals surface area contributed by atoms with Gasteiger partial charge in [0, 0.05) is 0 Å². The van der Waals surface area contributed by atoms with Crippen molar-refractivity contribution in [3.63, 3.8) is 0 Å². The minimum Gasteiger partial charge on any atom is -0.387 e. The second-order valence-corrected chi connectivity index (χ2v) is 3.21. The van der Waals surface area contributed by atoms with Crippen molar-refractivity contribution in [3.05, 3.63) is 0 Å². The second-order valence-electron chi connectivity index (χ2n) is 3.21. The molecule has 1 aliphatic heterocycles. The van der Waals surface area contributed by atoms with Crippen LogP contribution in [0.3, 0.4) is 0 Å². The van der Waals surface area contributed by atoms with Crippen LogP contribution < -0.4 is 0 Å². The fraction of sp³-hybridized carbons (Fsp3) is 1.00. The van der Waals surface area contributed by atoms with Crippen LogP contribution in [-0.4, -0.2) is 61.8 Å². The fourth-order valence-corrected chi connectivity index (χ4v) is 1.53. The van der Waals surface area contributed by atoms with E-state index >= 15 is 0 Å². The highest BCUT2D eigenvalue weighted by molar-refractivity contribution is 5.13. The van der Waals surface area contributed by atoms with Crippen molar-refractivity contribution in [3.8, 4) is 0 Å². The van der Waals surface area contributed by atoms with Crippen LogP contribution in [0.25, 0.3) is 0 Å². The summed E-state index contributed by atoms with van der Waals surface area (Å²) in [7, 11) is 0. The second kappa shape index (κ2) is 2.16. The Hall–Kier alpha value is -0.240. The molecule has 1 saturated heterocycles. The van der Waals surface area contributed by atoms with E-state index in [-0.39, 0.29) is 0 Å². The molecule has 6 heteroatoms. The smallest absolute Gasteiger partial charge is 0.225 e. The Bertz CT molecular complexity index is 203. The van der Waals surface area contributed by atoms with Gasteiger partial charge in [0.25, 0.3) is 0 Å². The number of hydrogen-bond donors (Lipinski definition) is 5. The summed E-state index contributed by atoms with van der Waals surface area (Å²) in [5.41, 5.74) is 0. The molecule has 0 radical (unpaired) electrons. The van der Waals surface area contributed by atoms with E-state index < -0.39 is 36.3 Å². The van der Waals surface area contributed by atoms with E-state index in [0.717, 1.165) is 0 Å². The molecule has 1 heterocycles. The van der Waals surface area contributed by atoms with Crippen molar-refractivity contribution in [1.29, 1.82) is 0 Å². The topological polar surface area (TPSA) is 114 Å². The van der Waals surface area contributed by atoms with Gasteiger partial charge in [0.1, 0.15) is 30.5 Å². The van der Waals surface area contributed by atoms with Crippen molar-refractivity contribution in [2.24, 2.45) is 0 Å². The highest BCUT2D eigenvalue weighted by Crippen LogP contribution is 2.45. The van der Waals surface area contributed by atoms with Gasteiger partial charge in [0.15, 0.2) is 0 Å². The number of epoxide rings is 1. The summed E-state index contributed by atoms with van der Waals surface area (Å²) < 4.78 is 4.57. The molecule has 0 aromatic heterocycles. The Morgan fingerprint density at radius 1 is 0.917 bits per heavy atom. The Balaban J connectivity index is 2.22. The maximum atomic E-state index is 9.27. The monoisotopic (exact) mass is 178 g/mol. The minimum absolute atomic E-state index is 0.995. The third-order valence-corrected chi connectivity index (χ3v) is 2.42. The van der Waals surface area contributed by atoms with Gasteiger partial charge in [-0.25, -0.2) is 0 Å². The van der Waals surface area contributed by atoms with Crippen LogP contribution >= 0.6 is 0 Å². The number of aliphatic hydroxyl groups excluding tert-OH is 4. The molecule has 1 saturated carbocycles. The molecule has 5 N–H and O–H groups in total. The first-order valence-electron chi connectivity index (χ1n) is 3.61. The molecule has 2 rings (SSSR count). The maximum absolute atomic E-state index is 9.27. The van der Waals surface area contributed by atoms with Crippen molar-refractivity contribution in [2.45, 2.75) is 36.3 Å². The molecule has 6 atom stereocenters. The van der Waals surface area contributed by atoms with Crippen LogP contribution in [0.5, 0.6) is 0 Å². The van der Waals surface area contributed by atoms with Gasteiger partial charge in [0.2, 0.25) is 5.79 Å². The first-order chi connectivity index (χ1) is 5.48. The number of fused-ring (bicyclic) bond motifs is 1. The number of ether oxygens (including phenoxy) is 1. The van der Waals surface area contributed by atoms with Gasteiger partial charge in [-0.2, -0.15) is 0 Å². The van der Waals surface area contributed by atoms with Gasteiger partial charge in [-0.05, 0) is 0 Å². The van der Waals surface area contributed by atoms with Gasteiger partial charge in [-0.3, -0.25) is 0 Å². The fourth-order valence-electron chi connectivity index (χ4n) is 1.53. The van der Waals surface area contributed by atoms with Crippen molar-refractivity contribution in [2.75, 3.05) is 0 Å². The zero-order valence-corrected chi connectivity index (χ0v) is 6.03. The molecule has 2 fully saturated rings. The summed E-state index contributed by atoms with van der Waals surface area (Å²) in [6.07, 6.45) is -6.98. The summed E-state index contributed by atoms with van der Waals surface area (Å²) in [5, 5.41) is 45.7. The van der Waals surface area contributed by atoms with Crippen LogP contribution in [0.2, 0.25) is 0 Å². The predicted octanol–water partition coefficient (Wildman–Crippen LogP) is -3.47. The lowest BCUT2D eigenvalue weighted by molar-refractivity contribution is -0.180. The van der Waals surface area contributed by atoms with E-state index in [1.165, 1.54) is 0 Å². The lowest BCUT2D eigenvalue weighted by atomic mass is 9.87. The third kappa shape index (κ3) is 0.792. The molecule has 6 nitrogen and oxygen atoms in total. The first kappa shape index (κ1) is 8.36. The molecule has 0 aromatic rings. The SMILES string of the molecule is OC1C(O)[C@H](O)C2O[C@@]2(O)C1O. The van der Waals surface area contributed by atoms with Gasteiger partial charge in [-0.15, -0.1) is 0 Å². The average Bonchev–Trinajstić information content (AvgIpc) is 2.72. The molecule has 70 valence electrons. The first-order valence-corrected chi connectivity index (χ1v) is 3.61. The summed E-state index contributed by atoms with van der Waals surface area (Å²) in [5.74, 6) is -1.88. The van der Waals surface area contributed by atoms with E-state index in [1.54, 1.807) is 0 Å². The lowest BCUT2D eigenvalue weighted by Gasteiger charge is -2.31. The van der Waals surface area contributed by atoms with Crippen molar-refractivity contribution >= 4 is 0 Å². The van der Waals surface area contributed by atoms with E-state index in [9.17, 15) is 5.11 Å². The maximum Gasteiger partial charge on any atom is 0.225 e. The Morgan fingerprint density at radius 2 is 1.50 bits per heavy atom. The molecule has 4 unspecified atom stereocenters. The summed E-state index contributed by atoms with van der Waals surface area (Å²) in [6.45, 7) is 0. The minimum atomic E-state index is -1.88. The van der Waals surface area contributed by atoms with Crippen LogP contribution in [-0.2, 0) is 4.74 Å². The van der Waals surface area contributed by atoms with Crippen LogP contribution in [0, 0.1) is 0 Å². The van der Waals surface area contributed by atoms with Gasteiger partial charge < -0.3 is 30.3 Å². The standard InChI is InChI=1S/C6H10O6/c7-1-2(8)4(10)6(11)5(12-6)3(1)9/h1-5,7-11H/t1?,2?,3-,4?,5?,6-/m0/s1. The van der Waals surface area contributed by atoms with Crippen LogP contribution in [0.15, 0.2) is 0 Å². The molecular weight excluding hydrogens is 168 g/mol. The summed E-state index contributed by atoms with van der Waals surface area (Å²) >= 11 is 0. The van der Waals surface area contributed by atoms with E-state index in [4.69, 9.17) is 20.4 Å². The zero-order valence-electron chi connectivity index (χ0n) is 6.03. The van der Waals surface area contributed by atoms with Gasteiger partial charge in [-0.1, -0.05) is 0 Å². The molecule has 0 bridgehead atoms. The molecule has 12 heavy (non-hydrogen) atoms. The molecule has 0 spiro atoms. The summed E-state index contributed by atoms with van der Waals surface area (Å²) in [6, 6.07) is 0. The quantitative estimate of drug-likeness (QED) is 0.246. The number of hydrogen-bond acceptors (Lipinski definition) is 6. The van der Waals surface area contributed by atoms with Crippen molar-refractivity contribution in [1.82, 2.24) is 0 Å². The van der Waals surface area contributed by atoms with Crippen LogP contribution in [0.4, 0.5) is 0 Å². The highest BCUT2D eigenvalue weighted by atomic mass is 16.8. The number of rotatable bonds is 0. The lowest BCUT2D eigenvalue weighted by Crippen LogP contribution is -2.58. The highest BCUT2D eigenvalue weighted by Gasteiger charge is 2.71. The average molecular weight is 178 g/mol. The molecule has 1 aliphatic carbocycles. The Labute approximate surface area is 67.6 Å². The molecular formula is C6H10O6. The largest absolute Gasteiger partial charge is 0.387 e. The van der Waals surface area contributed by atoms with E-state index in [0.29, 0.717) is 0 Å². The Morgan fingerprint density at radius 3 is 2.08 bits per heavy atom. The van der Waals surface area contributed by atoms with Crippen molar-refractivity contribution < 1.29 is 30.3 Å². The zero-order chi connectivity index (χ0) is 9.09. The van der Waals surface area contributed by atoms with E-state index in [1.807, 2.05) is 0 Å². The van der Waals surface area contributed by atoms with Gasteiger partial charge in [0.05, 0.1) is 0 Å². The third-order valence-electron chi connectivity index (χ3n) is 2.42. The molecule has 0 aromatic carbocycles. The number of aliphatic hydroxyl groups is 5. The van der Waals surface area contributed by atoms with Gasteiger partial charge >= 0.3 is 0 Å². The predicted molar refractivity (Wildman–Crippen MR) is 33.8 cm³/mol. The van der Waals surface area contributed by atoms with E-state index in [2.05, 4.69) is 4.74 Å².